The van der Waals surface area contributed by atoms with Crippen molar-refractivity contribution in [3.63, 3.8) is 0 Å². The zero-order valence-corrected chi connectivity index (χ0v) is 77.3. The van der Waals surface area contributed by atoms with Crippen LogP contribution in [0, 0.1) is 35.5 Å². The topological polar surface area (TPSA) is 148 Å². The molecule has 3 aliphatic carbocycles. The van der Waals surface area contributed by atoms with E-state index in [1.807, 2.05) is 0 Å². The number of hydrogen-bond donors (Lipinski definition) is 0. The van der Waals surface area contributed by atoms with Crippen molar-refractivity contribution < 1.29 is 74.5 Å². The van der Waals surface area contributed by atoms with Crippen LogP contribution >= 0.6 is 0 Å². The van der Waals surface area contributed by atoms with Gasteiger partial charge in [0.25, 0.3) is 0 Å². The molecule has 7 aliphatic rings. The zero-order chi connectivity index (χ0) is 80.5. The van der Waals surface area contributed by atoms with E-state index in [0.717, 1.165) is 112 Å². The Balaban J connectivity index is 0.825. The normalized spacial score (nSPS) is 21.8. The second-order valence-electron chi connectivity index (χ2n) is 39.3. The van der Waals surface area contributed by atoms with Gasteiger partial charge in [-0.2, -0.15) is 0 Å². The van der Waals surface area contributed by atoms with Gasteiger partial charge in [0.15, 0.2) is 58.4 Å². The minimum atomic E-state index is -1.94. The summed E-state index contributed by atoms with van der Waals surface area (Å²) in [5.41, 5.74) is 14.3. The summed E-state index contributed by atoms with van der Waals surface area (Å²) in [7, 11) is -7.76. The number of benzene rings is 4. The van der Waals surface area contributed by atoms with E-state index >= 15 is 0 Å². The summed E-state index contributed by atoms with van der Waals surface area (Å²) in [6.07, 6.45) is 12.5. The molecule has 112 heavy (non-hydrogen) atoms. The third-order valence-electron chi connectivity index (χ3n) is 27.3. The Bertz CT molecular complexity index is 3040. The molecule has 0 aromatic heterocycles. The lowest BCUT2D eigenvalue weighted by atomic mass is 9.50. The lowest BCUT2D eigenvalue weighted by Gasteiger charge is -2.57. The van der Waals surface area contributed by atoms with Crippen molar-refractivity contribution >= 4 is 33.3 Å². The maximum atomic E-state index is 7.00. The van der Waals surface area contributed by atoms with Crippen LogP contribution in [0.2, 0.25) is 72.5 Å². The van der Waals surface area contributed by atoms with E-state index in [4.69, 9.17) is 74.5 Å². The number of hydrogen-bond acceptors (Lipinski definition) is 16. The molecule has 3 saturated carbocycles. The van der Waals surface area contributed by atoms with Crippen molar-refractivity contribution in [1.82, 2.24) is 0 Å². The number of unbranched alkanes of at least 4 members (excludes halogenated alkanes) is 4. The Morgan fingerprint density at radius 1 is 0.286 bits per heavy atom. The van der Waals surface area contributed by atoms with Gasteiger partial charge in [0.05, 0.1) is 106 Å². The standard InChI is InChI=1S/C92H150O16Si4/c1-89(2,3)109(13,14)105-59-67-33-37-71(77(55-67)85-97-47-48-98-85)29-21-25-43-93-63-81-75-41-42-76(82(81)64-94-44-26-22-30-72-38-34-68(56-78(72)86-99-49-50-100-86)60-106-110(15,16)90(4,5)6)84(66-96-46-28-24-32-74-40-36-70(58-80(74)88-103-53-54-104-88)62-108-112(19,20)92(10,11)12)83(75)65-95-45-27-23-31-73-39-35-69(57-79(73)87-101-51-52-102-87)61-107-111(17,18)91(7,8)9/h33-40,55-58,75-76,81-88H,21-32,41-54,59-66H2,1-20H3/t75?,76?,81-,82+,83+,84-. The highest BCUT2D eigenvalue weighted by Crippen LogP contribution is 2.56. The van der Waals surface area contributed by atoms with Gasteiger partial charge < -0.3 is 74.5 Å². The third-order valence-corrected chi connectivity index (χ3v) is 45.2. The largest absolute Gasteiger partial charge is 0.413 e. The molecule has 630 valence electrons. The SMILES string of the molecule is CC(C)(C)[Si](C)(C)OCc1ccc(CCCCOC[C@@H]2C3CCC([C@@H](COCCCCc4ccc(CO[Si](C)(C)C(C)(C)C)cc4C4OCCO4)[C@H]3COCCCCc3ccc(CO[Si](C)(C)C(C)(C)C)cc3C3OCCO3)[C@@H]2COCCCCc2ccc(CO[Si](C)(C)C(C)(C)C)cc2C2OCCO2)c(C2OCCO2)c1. The third kappa shape index (κ3) is 25.3. The molecule has 4 saturated heterocycles. The molecule has 0 N–H and O–H groups in total. The maximum absolute atomic E-state index is 7.00. The molecule has 0 radical (unpaired) electrons. The van der Waals surface area contributed by atoms with Gasteiger partial charge in [-0.25, -0.2) is 0 Å². The van der Waals surface area contributed by atoms with Crippen molar-refractivity contribution in [2.75, 3.05) is 106 Å². The molecular formula is C92H150O16Si4. The maximum Gasteiger partial charge on any atom is 0.192 e. The number of fused-ring (bicyclic) bond motifs is 3. The van der Waals surface area contributed by atoms with E-state index in [0.29, 0.717) is 168 Å². The highest BCUT2D eigenvalue weighted by atomic mass is 28.4. The van der Waals surface area contributed by atoms with Crippen LogP contribution < -0.4 is 0 Å². The Morgan fingerprint density at radius 2 is 0.482 bits per heavy atom. The van der Waals surface area contributed by atoms with Crippen LogP contribution in [0.25, 0.3) is 0 Å². The van der Waals surface area contributed by atoms with E-state index < -0.39 is 33.3 Å². The molecule has 7 fully saturated rings. The predicted octanol–water partition coefficient (Wildman–Crippen LogP) is 21.9. The van der Waals surface area contributed by atoms with E-state index in [2.05, 4.69) is 208 Å². The molecule has 6 atom stereocenters. The second-order valence-corrected chi connectivity index (χ2v) is 58.5. The van der Waals surface area contributed by atoms with Gasteiger partial charge in [-0.05, 0) is 267 Å². The lowest BCUT2D eigenvalue weighted by molar-refractivity contribution is -0.156. The van der Waals surface area contributed by atoms with Crippen LogP contribution in [0.15, 0.2) is 72.8 Å². The smallest absolute Gasteiger partial charge is 0.192 e. The van der Waals surface area contributed by atoms with Crippen LogP contribution in [-0.2, 0) is 127 Å². The molecule has 0 spiro atoms. The van der Waals surface area contributed by atoms with E-state index in [1.54, 1.807) is 0 Å². The fraction of sp³-hybridized carbons (Fsp3) is 0.739. The summed E-state index contributed by atoms with van der Waals surface area (Å²) < 4.78 is 104. The number of aryl methyl sites for hydroxylation is 4. The van der Waals surface area contributed by atoms with Crippen molar-refractivity contribution in [3.8, 4) is 0 Å². The summed E-state index contributed by atoms with van der Waals surface area (Å²) >= 11 is 0. The van der Waals surface area contributed by atoms with Crippen LogP contribution in [0.5, 0.6) is 0 Å². The van der Waals surface area contributed by atoms with Crippen LogP contribution in [0.4, 0.5) is 0 Å². The monoisotopic (exact) mass is 1620 g/mol. The van der Waals surface area contributed by atoms with E-state index in [1.165, 1.54) is 44.5 Å². The first-order valence-corrected chi connectivity index (χ1v) is 55.0. The summed E-state index contributed by atoms with van der Waals surface area (Å²) in [6, 6.07) is 27.2. The average molecular weight is 1620 g/mol. The van der Waals surface area contributed by atoms with Crippen molar-refractivity contribution in [2.24, 2.45) is 35.5 Å². The first-order chi connectivity index (χ1) is 53.1. The quantitative estimate of drug-likeness (QED) is 0.0305. The average Bonchev–Trinajstić information content (AvgIpc) is 0.910. The van der Waals surface area contributed by atoms with Gasteiger partial charge in [0.2, 0.25) is 0 Å². The Labute approximate surface area is 681 Å². The van der Waals surface area contributed by atoms with Crippen LogP contribution in [-0.4, -0.2) is 139 Å². The fourth-order valence-corrected chi connectivity index (χ4v) is 19.7. The molecule has 4 heterocycles. The Morgan fingerprint density at radius 3 is 0.670 bits per heavy atom. The molecule has 2 bridgehead atoms. The van der Waals surface area contributed by atoms with E-state index in [9.17, 15) is 0 Å². The molecular weight excluding hydrogens is 1470 g/mol. The van der Waals surface area contributed by atoms with Crippen molar-refractivity contribution in [3.05, 3.63) is 140 Å². The molecule has 2 unspecified atom stereocenters. The van der Waals surface area contributed by atoms with Gasteiger partial charge in [-0.3, -0.25) is 0 Å². The molecule has 0 amide bonds. The Kier molecular flexibility index (Phi) is 33.8. The minimum Gasteiger partial charge on any atom is -0.413 e. The van der Waals surface area contributed by atoms with Gasteiger partial charge in [-0.15, -0.1) is 0 Å². The summed E-state index contributed by atoms with van der Waals surface area (Å²) in [4.78, 5) is 0. The number of rotatable bonds is 44. The lowest BCUT2D eigenvalue weighted by Crippen LogP contribution is -2.56. The van der Waals surface area contributed by atoms with Crippen LogP contribution in [0.1, 0.15) is 239 Å². The van der Waals surface area contributed by atoms with Crippen LogP contribution in [0.3, 0.4) is 0 Å². The number of ether oxygens (including phenoxy) is 12. The summed E-state index contributed by atoms with van der Waals surface area (Å²) in [5.74, 6) is 2.17. The summed E-state index contributed by atoms with van der Waals surface area (Å²) in [5, 5.41) is 0.532. The van der Waals surface area contributed by atoms with Gasteiger partial charge in [-0.1, -0.05) is 132 Å². The Hall–Kier alpha value is -2.89. The molecule has 16 nitrogen and oxygen atoms in total. The predicted molar refractivity (Wildman–Crippen MR) is 457 cm³/mol. The molecule has 20 heteroatoms. The first-order valence-electron chi connectivity index (χ1n) is 43.4. The van der Waals surface area contributed by atoms with Gasteiger partial charge in [0.1, 0.15) is 0 Å². The highest BCUT2D eigenvalue weighted by molar-refractivity contribution is 6.75. The highest BCUT2D eigenvalue weighted by Gasteiger charge is 2.54. The van der Waals surface area contributed by atoms with Crippen molar-refractivity contribution in [2.45, 2.75) is 297 Å². The molecule has 4 aromatic carbocycles. The minimum absolute atomic E-state index is 0.133. The zero-order valence-electron chi connectivity index (χ0n) is 73.3. The molecule has 4 aromatic rings. The van der Waals surface area contributed by atoms with Gasteiger partial charge in [0, 0.05) is 48.7 Å². The second kappa shape index (κ2) is 41.4. The first kappa shape index (κ1) is 91.4. The summed E-state index contributed by atoms with van der Waals surface area (Å²) in [6.45, 7) is 59.0. The molecule has 4 aliphatic heterocycles. The fourth-order valence-electron chi connectivity index (χ4n) is 15.9. The van der Waals surface area contributed by atoms with Gasteiger partial charge >= 0.3 is 0 Å². The van der Waals surface area contributed by atoms with E-state index in [-0.39, 0.29) is 45.3 Å². The molecule has 11 rings (SSSR count). The van der Waals surface area contributed by atoms with Crippen molar-refractivity contribution in [1.29, 1.82) is 0 Å².